The molecule has 0 fully saturated rings. The lowest BCUT2D eigenvalue weighted by atomic mass is 10.5. The van der Waals surface area contributed by atoms with Crippen LogP contribution in [0.25, 0.3) is 0 Å². The topological polar surface area (TPSA) is 47.0 Å². The number of hydrogen-bond donors (Lipinski definition) is 1. The van der Waals surface area contributed by atoms with Crippen LogP contribution in [0.5, 0.6) is 5.88 Å². The van der Waals surface area contributed by atoms with Gasteiger partial charge < -0.3 is 10.1 Å². The molecule has 4 heteroatoms. The van der Waals surface area contributed by atoms with Gasteiger partial charge in [0.2, 0.25) is 0 Å². The maximum absolute atomic E-state index is 4.97. The van der Waals surface area contributed by atoms with Crippen LogP contribution in [0.2, 0.25) is 0 Å². The Labute approximate surface area is 71.3 Å². The van der Waals surface area contributed by atoms with Gasteiger partial charge in [0, 0.05) is 18.9 Å². The zero-order valence-corrected chi connectivity index (χ0v) is 6.95. The number of nitrogens with one attached hydrogen (secondary N) is 1. The number of anilines is 1. The second-order valence-corrected chi connectivity index (χ2v) is 2.08. The van der Waals surface area contributed by atoms with Crippen LogP contribution < -0.4 is 10.1 Å². The molecular formula is C8H11N3O. The van der Waals surface area contributed by atoms with Crippen molar-refractivity contribution in [3.05, 3.63) is 25.0 Å². The zero-order chi connectivity index (χ0) is 8.81. The van der Waals surface area contributed by atoms with Gasteiger partial charge in [0.1, 0.15) is 0 Å². The molecule has 0 unspecified atom stereocenters. The number of rotatable bonds is 4. The van der Waals surface area contributed by atoms with Crippen molar-refractivity contribution in [1.82, 2.24) is 9.97 Å². The first-order chi connectivity index (χ1) is 5.88. The Kier molecular flexibility index (Phi) is 3.07. The fraction of sp³-hybridized carbons (Fsp3) is 0.250. The first kappa shape index (κ1) is 8.52. The van der Waals surface area contributed by atoms with Crippen LogP contribution in [-0.2, 0) is 0 Å². The van der Waals surface area contributed by atoms with E-state index < -0.39 is 0 Å². The summed E-state index contributed by atoms with van der Waals surface area (Å²) in [4.78, 5) is 8.01. The molecule has 0 atom stereocenters. The monoisotopic (exact) mass is 165 g/mol. The van der Waals surface area contributed by atoms with E-state index in [0.29, 0.717) is 18.2 Å². The summed E-state index contributed by atoms with van der Waals surface area (Å²) in [5.74, 6) is 1.14. The second kappa shape index (κ2) is 4.33. The normalized spacial score (nSPS) is 9.08. The van der Waals surface area contributed by atoms with Crippen molar-refractivity contribution in [3.63, 3.8) is 0 Å². The summed E-state index contributed by atoms with van der Waals surface area (Å²) in [7, 11) is 1.56. The number of nitrogens with zero attached hydrogens (tertiary/aromatic N) is 2. The number of hydrogen-bond acceptors (Lipinski definition) is 4. The van der Waals surface area contributed by atoms with Gasteiger partial charge in [0.15, 0.2) is 5.82 Å². The molecule has 0 radical (unpaired) electrons. The molecule has 1 heterocycles. The molecule has 64 valence electrons. The van der Waals surface area contributed by atoms with Crippen molar-refractivity contribution in [1.29, 1.82) is 0 Å². The van der Waals surface area contributed by atoms with E-state index in [1.807, 2.05) is 0 Å². The summed E-state index contributed by atoms with van der Waals surface area (Å²) >= 11 is 0. The third-order valence-corrected chi connectivity index (χ3v) is 1.27. The fourth-order valence-corrected chi connectivity index (χ4v) is 0.765. The van der Waals surface area contributed by atoms with E-state index in [4.69, 9.17) is 4.74 Å². The van der Waals surface area contributed by atoms with Crippen molar-refractivity contribution in [2.45, 2.75) is 0 Å². The van der Waals surface area contributed by atoms with Gasteiger partial charge in [-0.1, -0.05) is 6.08 Å². The van der Waals surface area contributed by atoms with Crippen LogP contribution in [0.4, 0.5) is 5.82 Å². The van der Waals surface area contributed by atoms with Crippen molar-refractivity contribution < 1.29 is 4.74 Å². The van der Waals surface area contributed by atoms with E-state index in [2.05, 4.69) is 21.9 Å². The molecule has 1 aromatic heterocycles. The van der Waals surface area contributed by atoms with E-state index in [9.17, 15) is 0 Å². The van der Waals surface area contributed by atoms with Crippen molar-refractivity contribution in [3.8, 4) is 5.88 Å². The van der Waals surface area contributed by atoms with Crippen molar-refractivity contribution in [2.75, 3.05) is 19.0 Å². The lowest BCUT2D eigenvalue weighted by Crippen LogP contribution is -2.03. The summed E-state index contributed by atoms with van der Waals surface area (Å²) in [5, 5.41) is 3.00. The molecule has 4 nitrogen and oxygen atoms in total. The first-order valence-electron chi connectivity index (χ1n) is 3.58. The van der Waals surface area contributed by atoms with Gasteiger partial charge in [-0.05, 0) is 0 Å². The minimum atomic E-state index is 0.499. The molecule has 0 aliphatic heterocycles. The summed E-state index contributed by atoms with van der Waals surface area (Å²) < 4.78 is 4.97. The zero-order valence-electron chi connectivity index (χ0n) is 6.95. The average Bonchev–Trinajstić information content (AvgIpc) is 2.15. The molecule has 0 saturated heterocycles. The van der Waals surface area contributed by atoms with E-state index in [-0.39, 0.29) is 0 Å². The van der Waals surface area contributed by atoms with Crippen LogP contribution in [0, 0.1) is 0 Å². The summed E-state index contributed by atoms with van der Waals surface area (Å²) in [6.07, 6.45) is 4.93. The first-order valence-corrected chi connectivity index (χ1v) is 3.58. The Morgan fingerprint density at radius 2 is 2.33 bits per heavy atom. The SMILES string of the molecule is C=CCNc1nccnc1OC. The third-order valence-electron chi connectivity index (χ3n) is 1.27. The van der Waals surface area contributed by atoms with Gasteiger partial charge in [-0.15, -0.1) is 6.58 Å². The molecule has 1 aromatic rings. The largest absolute Gasteiger partial charge is 0.478 e. The smallest absolute Gasteiger partial charge is 0.257 e. The van der Waals surface area contributed by atoms with Gasteiger partial charge in [0.05, 0.1) is 7.11 Å². The fourth-order valence-electron chi connectivity index (χ4n) is 0.765. The maximum atomic E-state index is 4.97. The number of methoxy groups -OCH3 is 1. The molecule has 1 N–H and O–H groups in total. The van der Waals surface area contributed by atoms with E-state index >= 15 is 0 Å². The van der Waals surface area contributed by atoms with Crippen LogP contribution in [-0.4, -0.2) is 23.6 Å². The van der Waals surface area contributed by atoms with Crippen LogP contribution in [0.3, 0.4) is 0 Å². The van der Waals surface area contributed by atoms with Gasteiger partial charge in [-0.25, -0.2) is 9.97 Å². The Morgan fingerprint density at radius 3 is 3.00 bits per heavy atom. The highest BCUT2D eigenvalue weighted by atomic mass is 16.5. The quantitative estimate of drug-likeness (QED) is 0.678. The Bertz CT molecular complexity index is 262. The summed E-state index contributed by atoms with van der Waals surface area (Å²) in [5.41, 5.74) is 0. The highest BCUT2D eigenvalue weighted by molar-refractivity contribution is 5.44. The molecule has 0 aliphatic carbocycles. The second-order valence-electron chi connectivity index (χ2n) is 2.08. The maximum Gasteiger partial charge on any atom is 0.257 e. The highest BCUT2D eigenvalue weighted by Crippen LogP contribution is 2.15. The van der Waals surface area contributed by atoms with Gasteiger partial charge in [-0.2, -0.15) is 0 Å². The molecular weight excluding hydrogens is 154 g/mol. The van der Waals surface area contributed by atoms with E-state index in [1.165, 1.54) is 0 Å². The lowest BCUT2D eigenvalue weighted by Gasteiger charge is -2.05. The Balaban J connectivity index is 2.74. The third kappa shape index (κ3) is 1.95. The minimum Gasteiger partial charge on any atom is -0.478 e. The van der Waals surface area contributed by atoms with Crippen molar-refractivity contribution in [2.24, 2.45) is 0 Å². The molecule has 0 bridgehead atoms. The molecule has 0 aliphatic rings. The van der Waals surface area contributed by atoms with Crippen LogP contribution in [0.1, 0.15) is 0 Å². The number of aromatic nitrogens is 2. The average molecular weight is 165 g/mol. The standard InChI is InChI=1S/C8H11N3O/c1-3-4-9-7-8(12-2)11-6-5-10-7/h3,5-6H,1,4H2,2H3,(H,9,10). The Morgan fingerprint density at radius 1 is 1.58 bits per heavy atom. The molecule has 0 spiro atoms. The van der Waals surface area contributed by atoms with Gasteiger partial charge in [-0.3, -0.25) is 0 Å². The lowest BCUT2D eigenvalue weighted by molar-refractivity contribution is 0.398. The van der Waals surface area contributed by atoms with Gasteiger partial charge in [0.25, 0.3) is 5.88 Å². The van der Waals surface area contributed by atoms with Crippen molar-refractivity contribution >= 4 is 5.82 Å². The summed E-state index contributed by atoms with van der Waals surface area (Å²) in [6.45, 7) is 4.23. The molecule has 1 rings (SSSR count). The van der Waals surface area contributed by atoms with E-state index in [0.717, 1.165) is 0 Å². The van der Waals surface area contributed by atoms with Crippen LogP contribution in [0.15, 0.2) is 25.0 Å². The molecule has 0 amide bonds. The van der Waals surface area contributed by atoms with Crippen LogP contribution >= 0.6 is 0 Å². The predicted octanol–water partition coefficient (Wildman–Crippen LogP) is 1.08. The summed E-state index contributed by atoms with van der Waals surface area (Å²) in [6, 6.07) is 0. The minimum absolute atomic E-state index is 0.499. The molecule has 0 aromatic carbocycles. The predicted molar refractivity (Wildman–Crippen MR) is 47.3 cm³/mol. The molecule has 0 saturated carbocycles. The van der Waals surface area contributed by atoms with E-state index in [1.54, 1.807) is 25.6 Å². The Hall–Kier alpha value is -1.58. The number of ether oxygens (including phenoxy) is 1. The van der Waals surface area contributed by atoms with Gasteiger partial charge >= 0.3 is 0 Å². The highest BCUT2D eigenvalue weighted by Gasteiger charge is 2.01. The molecule has 12 heavy (non-hydrogen) atoms.